The number of rotatable bonds is 11. The van der Waals surface area contributed by atoms with E-state index < -0.39 is 28.8 Å². The Hall–Kier alpha value is -5.34. The number of nitrogens with zero attached hydrogens (tertiary/aromatic N) is 1. The predicted octanol–water partition coefficient (Wildman–Crippen LogP) is 9.61. The van der Waals surface area contributed by atoms with Crippen LogP contribution in [0.2, 0.25) is 0 Å². The average molecular weight is 649 g/mol. The molecule has 0 saturated carbocycles. The molecule has 48 heavy (non-hydrogen) atoms. The second-order valence-electron chi connectivity index (χ2n) is 12.3. The zero-order valence-corrected chi connectivity index (χ0v) is 26.9. The van der Waals surface area contributed by atoms with E-state index in [1.807, 2.05) is 86.6 Å². The van der Waals surface area contributed by atoms with Gasteiger partial charge in [0.2, 0.25) is 0 Å². The highest BCUT2D eigenvalue weighted by Gasteiger charge is 2.33. The van der Waals surface area contributed by atoms with Crippen molar-refractivity contribution < 1.29 is 27.4 Å². The molecule has 0 aliphatic heterocycles. The van der Waals surface area contributed by atoms with Gasteiger partial charge in [-0.1, -0.05) is 86.6 Å². The number of nitrogens with one attached hydrogen (secondary N) is 1. The molecule has 0 fully saturated rings. The van der Waals surface area contributed by atoms with Crippen LogP contribution in [-0.2, 0) is 28.0 Å². The molecule has 6 rings (SSSR count). The number of aromatic nitrogens is 1. The highest BCUT2D eigenvalue weighted by Crippen LogP contribution is 2.46. The SMILES string of the molecule is COCC(C)(C)c1c(-c2ccc(C(=O)OCc3ccccc3)cc2)c2c(NCc3ccccc3)cc(F)cc2n1-c1ccc(F)c(F)c1. The van der Waals surface area contributed by atoms with Crippen LogP contribution in [0.5, 0.6) is 0 Å². The van der Waals surface area contributed by atoms with Gasteiger partial charge in [-0.2, -0.15) is 0 Å². The molecule has 0 bridgehead atoms. The van der Waals surface area contributed by atoms with Crippen LogP contribution >= 0.6 is 0 Å². The number of esters is 1. The summed E-state index contributed by atoms with van der Waals surface area (Å²) in [7, 11) is 1.59. The lowest BCUT2D eigenvalue weighted by molar-refractivity contribution is 0.0472. The first-order valence-corrected chi connectivity index (χ1v) is 15.6. The van der Waals surface area contributed by atoms with Gasteiger partial charge in [-0.3, -0.25) is 0 Å². The lowest BCUT2D eigenvalue weighted by Gasteiger charge is -2.28. The molecule has 0 radical (unpaired) electrons. The van der Waals surface area contributed by atoms with Crippen LogP contribution in [0, 0.1) is 17.5 Å². The zero-order chi connectivity index (χ0) is 33.8. The molecule has 1 N–H and O–H groups in total. The van der Waals surface area contributed by atoms with E-state index >= 15 is 4.39 Å². The van der Waals surface area contributed by atoms with Crippen molar-refractivity contribution in [3.8, 4) is 16.8 Å². The van der Waals surface area contributed by atoms with Gasteiger partial charge in [0.25, 0.3) is 0 Å². The first kappa shape index (κ1) is 32.6. The first-order valence-electron chi connectivity index (χ1n) is 15.6. The molecule has 1 heterocycles. The van der Waals surface area contributed by atoms with Crippen molar-refractivity contribution in [3.63, 3.8) is 0 Å². The van der Waals surface area contributed by atoms with Crippen LogP contribution in [0.3, 0.4) is 0 Å². The number of anilines is 1. The monoisotopic (exact) mass is 648 g/mol. The van der Waals surface area contributed by atoms with E-state index in [-0.39, 0.29) is 13.2 Å². The van der Waals surface area contributed by atoms with E-state index in [1.165, 1.54) is 18.2 Å². The molecular formula is C40H35F3N2O3. The molecule has 0 atom stereocenters. The van der Waals surface area contributed by atoms with Gasteiger partial charge in [0, 0.05) is 53.2 Å². The Bertz CT molecular complexity index is 2060. The molecule has 5 nitrogen and oxygen atoms in total. The van der Waals surface area contributed by atoms with Crippen LogP contribution in [0.1, 0.15) is 41.0 Å². The smallest absolute Gasteiger partial charge is 0.338 e. The molecule has 5 aromatic carbocycles. The third-order valence-corrected chi connectivity index (χ3v) is 8.29. The van der Waals surface area contributed by atoms with Gasteiger partial charge < -0.3 is 19.4 Å². The molecule has 0 amide bonds. The first-order chi connectivity index (χ1) is 23.2. The summed E-state index contributed by atoms with van der Waals surface area (Å²) in [5.41, 5.74) is 4.98. The number of hydrogen-bond donors (Lipinski definition) is 1. The fourth-order valence-corrected chi connectivity index (χ4v) is 6.14. The quantitative estimate of drug-likeness (QED) is 0.142. The third-order valence-electron chi connectivity index (χ3n) is 8.29. The second kappa shape index (κ2) is 13.8. The van der Waals surface area contributed by atoms with E-state index in [0.717, 1.165) is 34.4 Å². The number of carbonyl (C=O) groups excluding carboxylic acids is 1. The molecule has 0 unspecified atom stereocenters. The minimum absolute atomic E-state index is 0.139. The van der Waals surface area contributed by atoms with E-state index in [4.69, 9.17) is 9.47 Å². The van der Waals surface area contributed by atoms with Gasteiger partial charge in [0.05, 0.1) is 17.7 Å². The van der Waals surface area contributed by atoms with Gasteiger partial charge in [0.1, 0.15) is 12.4 Å². The van der Waals surface area contributed by atoms with Crippen LogP contribution in [0.4, 0.5) is 18.9 Å². The fraction of sp³-hybridized carbons (Fsp3) is 0.175. The van der Waals surface area contributed by atoms with E-state index in [9.17, 15) is 13.6 Å². The standard InChI is InChI=1S/C40H35F3N2O3/c1-40(2,25-47-3)38-36(28-14-16-29(17-15-28)39(46)48-24-27-12-8-5-9-13-27)37-34(44-23-26-10-6-4-7-11-26)20-30(41)21-35(37)45(38)31-18-19-32(42)33(43)22-31/h4-22,44H,23-25H2,1-3H3. The maximum Gasteiger partial charge on any atom is 0.338 e. The topological polar surface area (TPSA) is 52.5 Å². The molecule has 0 spiro atoms. The summed E-state index contributed by atoms with van der Waals surface area (Å²) in [6.07, 6.45) is 0. The molecule has 1 aromatic heterocycles. The fourth-order valence-electron chi connectivity index (χ4n) is 6.14. The largest absolute Gasteiger partial charge is 0.457 e. The number of benzene rings is 5. The van der Waals surface area contributed by atoms with Gasteiger partial charge in [-0.15, -0.1) is 0 Å². The van der Waals surface area contributed by atoms with Crippen molar-refractivity contribution in [2.75, 3.05) is 19.0 Å². The Balaban J connectivity index is 1.55. The highest BCUT2D eigenvalue weighted by atomic mass is 19.2. The molecule has 6 aromatic rings. The highest BCUT2D eigenvalue weighted by molar-refractivity contribution is 6.07. The summed E-state index contributed by atoms with van der Waals surface area (Å²) in [5, 5.41) is 4.10. The molecular weight excluding hydrogens is 613 g/mol. The minimum Gasteiger partial charge on any atom is -0.457 e. The Labute approximate surface area is 277 Å². The van der Waals surface area contributed by atoms with Gasteiger partial charge in [0.15, 0.2) is 11.6 Å². The van der Waals surface area contributed by atoms with E-state index in [2.05, 4.69) is 5.32 Å². The van der Waals surface area contributed by atoms with Crippen molar-refractivity contribution in [2.45, 2.75) is 32.4 Å². The number of halogens is 3. The lowest BCUT2D eigenvalue weighted by atomic mass is 9.84. The summed E-state index contributed by atoms with van der Waals surface area (Å²) in [4.78, 5) is 13.0. The van der Waals surface area contributed by atoms with Crippen molar-refractivity contribution in [2.24, 2.45) is 0 Å². The molecule has 0 aliphatic carbocycles. The van der Waals surface area contributed by atoms with Crippen LogP contribution in [-0.4, -0.2) is 24.3 Å². The molecule has 244 valence electrons. The summed E-state index contributed by atoms with van der Waals surface area (Å²) in [6, 6.07) is 32.7. The summed E-state index contributed by atoms with van der Waals surface area (Å²) in [5.74, 6) is -2.98. The number of ether oxygens (including phenoxy) is 2. The van der Waals surface area contributed by atoms with Crippen LogP contribution in [0.15, 0.2) is 115 Å². The van der Waals surface area contributed by atoms with Gasteiger partial charge in [-0.25, -0.2) is 18.0 Å². The van der Waals surface area contributed by atoms with E-state index in [0.29, 0.717) is 40.1 Å². The lowest BCUT2D eigenvalue weighted by Crippen LogP contribution is -2.27. The minimum atomic E-state index is -1.02. The number of fused-ring (bicyclic) bond motifs is 1. The third kappa shape index (κ3) is 6.71. The van der Waals surface area contributed by atoms with Gasteiger partial charge in [-0.05, 0) is 53.1 Å². The van der Waals surface area contributed by atoms with E-state index in [1.54, 1.807) is 23.8 Å². The zero-order valence-electron chi connectivity index (χ0n) is 26.9. The normalized spacial score (nSPS) is 11.5. The average Bonchev–Trinajstić information content (AvgIpc) is 3.44. The Morgan fingerprint density at radius 2 is 1.46 bits per heavy atom. The summed E-state index contributed by atoms with van der Waals surface area (Å²) < 4.78 is 57.5. The Morgan fingerprint density at radius 3 is 2.10 bits per heavy atom. The molecule has 0 aliphatic rings. The summed E-state index contributed by atoms with van der Waals surface area (Å²) >= 11 is 0. The second-order valence-corrected chi connectivity index (χ2v) is 12.3. The summed E-state index contributed by atoms with van der Waals surface area (Å²) in [6.45, 7) is 4.78. The Morgan fingerprint density at radius 1 is 0.792 bits per heavy atom. The number of hydrogen-bond acceptors (Lipinski definition) is 4. The van der Waals surface area contributed by atoms with Crippen LogP contribution < -0.4 is 5.32 Å². The maximum atomic E-state index is 15.5. The van der Waals surface area contributed by atoms with Gasteiger partial charge >= 0.3 is 5.97 Å². The van der Waals surface area contributed by atoms with Crippen LogP contribution in [0.25, 0.3) is 27.7 Å². The maximum absolute atomic E-state index is 15.5. The van der Waals surface area contributed by atoms with Crippen molar-refractivity contribution >= 4 is 22.6 Å². The van der Waals surface area contributed by atoms with Crippen molar-refractivity contribution in [1.82, 2.24) is 4.57 Å². The number of methoxy groups -OCH3 is 1. The molecule has 8 heteroatoms. The number of carbonyl (C=O) groups is 1. The Kier molecular flexibility index (Phi) is 9.37. The van der Waals surface area contributed by atoms with Crippen molar-refractivity contribution in [3.05, 3.63) is 155 Å². The predicted molar refractivity (Wildman–Crippen MR) is 183 cm³/mol. The molecule has 0 saturated heterocycles. The van der Waals surface area contributed by atoms with Crippen molar-refractivity contribution in [1.29, 1.82) is 0 Å².